The number of carbonyl (C=O) groups excluding carboxylic acids is 1. The molecule has 0 saturated carbocycles. The van der Waals surface area contributed by atoms with Gasteiger partial charge in [0.1, 0.15) is 48.8 Å². The summed E-state index contributed by atoms with van der Waals surface area (Å²) in [6.07, 6.45) is 50.7. The first-order chi connectivity index (χ1) is 40.1. The summed E-state index contributed by atoms with van der Waals surface area (Å²) in [6.45, 7) is 2.82. The number of rotatable bonds is 56. The number of allylic oxidation sites excluding steroid dienone is 5. The highest BCUT2D eigenvalue weighted by molar-refractivity contribution is 5.76. The number of carbonyl (C=O) groups is 1. The summed E-state index contributed by atoms with van der Waals surface area (Å²) >= 11 is 0. The van der Waals surface area contributed by atoms with Gasteiger partial charge in [-0.05, 0) is 44.9 Å². The van der Waals surface area contributed by atoms with E-state index in [9.17, 15) is 45.6 Å². The largest absolute Gasteiger partial charge is 0.394 e. The molecule has 12 atom stereocenters. The first-order valence-corrected chi connectivity index (χ1v) is 34.2. The molecule has 2 rings (SSSR count). The molecule has 2 aliphatic heterocycles. The highest BCUT2D eigenvalue weighted by atomic mass is 16.7. The fraction of sp³-hybridized carbons (Fsp3) is 0.897. The zero-order valence-corrected chi connectivity index (χ0v) is 52.2. The lowest BCUT2D eigenvalue weighted by Gasteiger charge is -2.46. The second-order valence-corrected chi connectivity index (χ2v) is 24.3. The molecule has 0 spiro atoms. The number of hydrogen-bond donors (Lipinski definition) is 9. The Hall–Kier alpha value is -1.79. The van der Waals surface area contributed by atoms with E-state index in [1.165, 1.54) is 218 Å². The van der Waals surface area contributed by atoms with Crippen LogP contribution in [-0.2, 0) is 23.7 Å². The number of aliphatic hydroxyl groups excluding tert-OH is 8. The molecule has 9 N–H and O–H groups in total. The average molecular weight is 1170 g/mol. The molecule has 14 nitrogen and oxygen atoms in total. The van der Waals surface area contributed by atoms with Crippen LogP contribution in [0.4, 0.5) is 0 Å². The van der Waals surface area contributed by atoms with E-state index < -0.39 is 86.8 Å². The van der Waals surface area contributed by atoms with Gasteiger partial charge < -0.3 is 65.1 Å². The van der Waals surface area contributed by atoms with Crippen molar-refractivity contribution in [2.75, 3.05) is 19.8 Å². The summed E-state index contributed by atoms with van der Waals surface area (Å²) in [5, 5.41) is 87.3. The van der Waals surface area contributed by atoms with Gasteiger partial charge in [-0.2, -0.15) is 0 Å². The molecule has 0 radical (unpaired) electrons. The van der Waals surface area contributed by atoms with Crippen molar-refractivity contribution in [1.82, 2.24) is 5.32 Å². The third kappa shape index (κ3) is 37.7. The van der Waals surface area contributed by atoms with Crippen LogP contribution in [-0.4, -0.2) is 140 Å². The predicted molar refractivity (Wildman–Crippen MR) is 332 cm³/mol. The SMILES string of the molecule is CCCCCCCCCCCCCCCCCCCCCC/C=C/CC/C=C/CC/C=C/C(O)C(COC1OC(CO)C(OC2OC(CO)C(O)C(O)C2O)C(O)C1O)NC(=O)CCCCCCCCCCCCCCCCCCCC. The fourth-order valence-electron chi connectivity index (χ4n) is 11.3. The number of nitrogens with one attached hydrogen (secondary N) is 1. The number of amides is 1. The second kappa shape index (κ2) is 53.4. The van der Waals surface area contributed by atoms with Gasteiger partial charge in [0.2, 0.25) is 5.91 Å². The maximum Gasteiger partial charge on any atom is 0.220 e. The molecule has 0 aromatic heterocycles. The van der Waals surface area contributed by atoms with E-state index in [4.69, 9.17) is 18.9 Å². The molecule has 14 heteroatoms. The molecule has 82 heavy (non-hydrogen) atoms. The van der Waals surface area contributed by atoms with Crippen molar-refractivity contribution in [2.45, 2.75) is 370 Å². The quantitative estimate of drug-likeness (QED) is 0.0204. The molecule has 2 aliphatic rings. The van der Waals surface area contributed by atoms with Crippen molar-refractivity contribution in [2.24, 2.45) is 0 Å². The molecule has 0 bridgehead atoms. The highest BCUT2D eigenvalue weighted by Gasteiger charge is 2.51. The summed E-state index contributed by atoms with van der Waals surface area (Å²) in [7, 11) is 0. The minimum absolute atomic E-state index is 0.248. The first kappa shape index (κ1) is 76.3. The fourth-order valence-corrected chi connectivity index (χ4v) is 11.3. The van der Waals surface area contributed by atoms with E-state index in [1.807, 2.05) is 6.08 Å². The molecule has 12 unspecified atom stereocenters. The zero-order valence-electron chi connectivity index (χ0n) is 52.2. The maximum atomic E-state index is 13.3. The van der Waals surface area contributed by atoms with Crippen LogP contribution in [0.1, 0.15) is 296 Å². The van der Waals surface area contributed by atoms with Gasteiger partial charge >= 0.3 is 0 Å². The molecular weight excluding hydrogens is 1040 g/mol. The standard InChI is InChI=1S/C68H127NO13/c1-3-5-7-9-11-13-15-17-19-21-23-24-25-26-27-28-29-30-31-32-33-34-35-37-39-41-43-45-47-49-51-57(72)56(69-60(73)52-50-48-46-44-42-40-38-36-22-20-18-16-14-12-10-8-6-4-2)55-79-67-65(78)63(76)66(59(54-71)81-67)82-68-64(77)62(75)61(74)58(53-70)80-68/h34-35,41,43,49,51,56-59,61-68,70-72,74-78H,3-33,36-40,42,44-48,50,52-55H2,1-2H3,(H,69,73)/b35-34+,43-41+,51-49+. The van der Waals surface area contributed by atoms with Gasteiger partial charge in [0, 0.05) is 6.42 Å². The van der Waals surface area contributed by atoms with Gasteiger partial charge in [0.25, 0.3) is 0 Å². The van der Waals surface area contributed by atoms with Gasteiger partial charge in [-0.1, -0.05) is 281 Å². The Morgan fingerprint density at radius 3 is 1.20 bits per heavy atom. The van der Waals surface area contributed by atoms with Crippen LogP contribution < -0.4 is 5.32 Å². The molecule has 2 fully saturated rings. The van der Waals surface area contributed by atoms with Crippen LogP contribution in [0.2, 0.25) is 0 Å². The first-order valence-electron chi connectivity index (χ1n) is 34.2. The lowest BCUT2D eigenvalue weighted by Crippen LogP contribution is -2.65. The van der Waals surface area contributed by atoms with Gasteiger partial charge in [0.05, 0.1) is 32.0 Å². The zero-order chi connectivity index (χ0) is 59.5. The Morgan fingerprint density at radius 1 is 0.427 bits per heavy atom. The van der Waals surface area contributed by atoms with Crippen molar-refractivity contribution in [3.8, 4) is 0 Å². The maximum absolute atomic E-state index is 13.3. The summed E-state index contributed by atoms with van der Waals surface area (Å²) in [5.74, 6) is -0.248. The van der Waals surface area contributed by atoms with E-state index in [0.29, 0.717) is 12.8 Å². The van der Waals surface area contributed by atoms with Crippen LogP contribution in [0.25, 0.3) is 0 Å². The number of aliphatic hydroxyl groups is 8. The Balaban J connectivity index is 1.71. The van der Waals surface area contributed by atoms with Crippen molar-refractivity contribution in [1.29, 1.82) is 0 Å². The molecule has 0 aromatic carbocycles. The van der Waals surface area contributed by atoms with E-state index in [-0.39, 0.29) is 18.9 Å². The number of hydrogen-bond acceptors (Lipinski definition) is 13. The molecular formula is C68H127NO13. The lowest BCUT2D eigenvalue weighted by atomic mass is 9.97. The summed E-state index contributed by atoms with van der Waals surface area (Å²) in [4.78, 5) is 13.3. The number of unbranched alkanes of at least 4 members (excludes halogenated alkanes) is 39. The highest BCUT2D eigenvalue weighted by Crippen LogP contribution is 2.30. The average Bonchev–Trinajstić information content (AvgIpc) is 3.52. The van der Waals surface area contributed by atoms with Crippen molar-refractivity contribution in [3.63, 3.8) is 0 Å². The Morgan fingerprint density at radius 2 is 0.780 bits per heavy atom. The van der Waals surface area contributed by atoms with Crippen molar-refractivity contribution >= 4 is 5.91 Å². The smallest absolute Gasteiger partial charge is 0.220 e. The van der Waals surface area contributed by atoms with E-state index >= 15 is 0 Å². The van der Waals surface area contributed by atoms with Crippen LogP contribution in [0.3, 0.4) is 0 Å². The van der Waals surface area contributed by atoms with E-state index in [0.717, 1.165) is 44.9 Å². The summed E-state index contributed by atoms with van der Waals surface area (Å²) < 4.78 is 22.8. The Labute approximate surface area is 500 Å². The van der Waals surface area contributed by atoms with Crippen LogP contribution >= 0.6 is 0 Å². The van der Waals surface area contributed by atoms with Gasteiger partial charge in [0.15, 0.2) is 12.6 Å². The van der Waals surface area contributed by atoms with Crippen LogP contribution in [0, 0.1) is 0 Å². The normalized spacial score (nSPS) is 24.1. The molecule has 2 saturated heterocycles. The molecule has 0 aromatic rings. The van der Waals surface area contributed by atoms with E-state index in [1.54, 1.807) is 6.08 Å². The van der Waals surface area contributed by atoms with Crippen LogP contribution in [0.5, 0.6) is 0 Å². The number of ether oxygens (including phenoxy) is 4. The Bertz CT molecular complexity index is 1510. The molecule has 2 heterocycles. The summed E-state index contributed by atoms with van der Waals surface area (Å²) in [6, 6.07) is -0.936. The lowest BCUT2D eigenvalue weighted by molar-refractivity contribution is -0.359. The van der Waals surface area contributed by atoms with Crippen LogP contribution in [0.15, 0.2) is 36.5 Å². The van der Waals surface area contributed by atoms with Crippen molar-refractivity contribution in [3.05, 3.63) is 36.5 Å². The minimum Gasteiger partial charge on any atom is -0.394 e. The van der Waals surface area contributed by atoms with Gasteiger partial charge in [-0.25, -0.2) is 0 Å². The Kier molecular flexibility index (Phi) is 49.7. The second-order valence-electron chi connectivity index (χ2n) is 24.3. The third-order valence-electron chi connectivity index (χ3n) is 16.8. The van der Waals surface area contributed by atoms with Gasteiger partial charge in [-0.3, -0.25) is 4.79 Å². The minimum atomic E-state index is -1.79. The van der Waals surface area contributed by atoms with E-state index in [2.05, 4.69) is 43.5 Å². The molecule has 1 amide bonds. The summed E-state index contributed by atoms with van der Waals surface area (Å²) in [5.41, 5.74) is 0. The van der Waals surface area contributed by atoms with Gasteiger partial charge in [-0.15, -0.1) is 0 Å². The topological polar surface area (TPSA) is 228 Å². The van der Waals surface area contributed by atoms with Crippen molar-refractivity contribution < 1.29 is 64.6 Å². The monoisotopic (exact) mass is 1170 g/mol. The molecule has 482 valence electrons. The predicted octanol–water partition coefficient (Wildman–Crippen LogP) is 13.3. The third-order valence-corrected chi connectivity index (χ3v) is 16.8. The molecule has 0 aliphatic carbocycles.